The van der Waals surface area contributed by atoms with E-state index in [1.165, 1.54) is 44.2 Å². The average molecular weight is 283 g/mol. The fourth-order valence-corrected chi connectivity index (χ4v) is 6.31. The van der Waals surface area contributed by atoms with Gasteiger partial charge >= 0.3 is 0 Å². The van der Waals surface area contributed by atoms with E-state index in [1.54, 1.807) is 0 Å². The van der Waals surface area contributed by atoms with Gasteiger partial charge in [-0.15, -0.1) is 0 Å². The van der Waals surface area contributed by atoms with Crippen LogP contribution in [-0.4, -0.2) is 15.1 Å². The van der Waals surface area contributed by atoms with Crippen molar-refractivity contribution in [2.45, 2.75) is 67.8 Å². The number of rotatable bonds is 2. The van der Waals surface area contributed by atoms with Crippen molar-refractivity contribution in [1.82, 2.24) is 0 Å². The Morgan fingerprint density at radius 3 is 2.32 bits per heavy atom. The van der Waals surface area contributed by atoms with Gasteiger partial charge in [-0.25, -0.2) is 4.39 Å². The summed E-state index contributed by atoms with van der Waals surface area (Å²) in [6.45, 7) is 6.74. The molecular formula is C16H24FOS+. The smallest absolute Gasteiger partial charge is 0.169 e. The van der Waals surface area contributed by atoms with Gasteiger partial charge in [0.05, 0.1) is 0 Å². The molecule has 2 rings (SSSR count). The van der Waals surface area contributed by atoms with Crippen molar-refractivity contribution in [1.29, 1.82) is 0 Å². The maximum atomic E-state index is 13.6. The van der Waals surface area contributed by atoms with Crippen molar-refractivity contribution in [3.8, 4) is 5.75 Å². The maximum Gasteiger partial charge on any atom is 0.169 e. The summed E-state index contributed by atoms with van der Waals surface area (Å²) in [5.74, 6) is -0.736. The van der Waals surface area contributed by atoms with Gasteiger partial charge in [-0.3, -0.25) is 0 Å². The van der Waals surface area contributed by atoms with E-state index in [0.717, 1.165) is 4.90 Å². The van der Waals surface area contributed by atoms with Gasteiger partial charge < -0.3 is 5.11 Å². The van der Waals surface area contributed by atoms with E-state index in [4.69, 9.17) is 0 Å². The van der Waals surface area contributed by atoms with Crippen LogP contribution in [0.15, 0.2) is 23.1 Å². The van der Waals surface area contributed by atoms with E-state index in [-0.39, 0.29) is 21.4 Å². The van der Waals surface area contributed by atoms with Gasteiger partial charge in [0.25, 0.3) is 0 Å². The number of hydrogen-bond donors (Lipinski definition) is 1. The van der Waals surface area contributed by atoms with Gasteiger partial charge in [0.1, 0.15) is 10.00 Å². The van der Waals surface area contributed by atoms with Crippen molar-refractivity contribution in [3.05, 3.63) is 24.0 Å². The van der Waals surface area contributed by atoms with Crippen LogP contribution in [0.2, 0.25) is 0 Å². The first kappa shape index (κ1) is 14.7. The second-order valence-electron chi connectivity index (χ2n) is 6.32. The predicted molar refractivity (Wildman–Crippen MR) is 80.3 cm³/mol. The van der Waals surface area contributed by atoms with Gasteiger partial charge in [0, 0.05) is 17.0 Å². The number of phenols is 1. The molecule has 0 saturated heterocycles. The topological polar surface area (TPSA) is 20.2 Å². The van der Waals surface area contributed by atoms with Crippen molar-refractivity contribution >= 4 is 10.9 Å². The van der Waals surface area contributed by atoms with Gasteiger partial charge in [-0.05, 0) is 58.6 Å². The molecule has 1 aliphatic rings. The maximum absolute atomic E-state index is 13.6. The van der Waals surface area contributed by atoms with E-state index in [1.807, 2.05) is 6.07 Å². The van der Waals surface area contributed by atoms with Crippen LogP contribution in [0.4, 0.5) is 4.39 Å². The Labute approximate surface area is 118 Å². The highest BCUT2D eigenvalue weighted by Gasteiger charge is 2.44. The van der Waals surface area contributed by atoms with Gasteiger partial charge in [-0.1, -0.05) is 6.42 Å². The minimum absolute atomic E-state index is 0.0387. The highest BCUT2D eigenvalue weighted by Crippen LogP contribution is 2.38. The molecule has 0 spiro atoms. The summed E-state index contributed by atoms with van der Waals surface area (Å²) in [6.07, 6.45) is 6.43. The molecule has 0 aliphatic heterocycles. The fraction of sp³-hybridized carbons (Fsp3) is 0.625. The average Bonchev–Trinajstić information content (AvgIpc) is 2.34. The number of phenolic OH excluding ortho intramolecular Hbond substituents is 1. The van der Waals surface area contributed by atoms with E-state index in [9.17, 15) is 9.50 Å². The van der Waals surface area contributed by atoms with Crippen molar-refractivity contribution < 1.29 is 9.50 Å². The number of benzene rings is 1. The van der Waals surface area contributed by atoms with E-state index >= 15 is 0 Å². The second-order valence-corrected chi connectivity index (χ2v) is 9.36. The lowest BCUT2D eigenvalue weighted by Crippen LogP contribution is -2.38. The molecule has 1 aromatic rings. The summed E-state index contributed by atoms with van der Waals surface area (Å²) in [6, 6.07) is 4.94. The Bertz CT molecular complexity index is 433. The molecule has 1 unspecified atom stereocenters. The lowest BCUT2D eigenvalue weighted by Gasteiger charge is -2.30. The monoisotopic (exact) mass is 283 g/mol. The molecule has 1 aliphatic carbocycles. The van der Waals surface area contributed by atoms with Gasteiger partial charge in [0.2, 0.25) is 0 Å². The highest BCUT2D eigenvalue weighted by atomic mass is 32.2. The van der Waals surface area contributed by atoms with Crippen LogP contribution in [0.5, 0.6) is 5.75 Å². The van der Waals surface area contributed by atoms with Crippen LogP contribution in [0.1, 0.15) is 52.9 Å². The molecule has 1 atom stereocenters. The Morgan fingerprint density at radius 2 is 1.79 bits per heavy atom. The molecule has 1 saturated carbocycles. The van der Waals surface area contributed by atoms with Crippen LogP contribution in [0, 0.1) is 5.82 Å². The summed E-state index contributed by atoms with van der Waals surface area (Å²) in [5.41, 5.74) is 0. The first-order valence-corrected chi connectivity index (χ1v) is 8.40. The first-order valence-electron chi connectivity index (χ1n) is 7.11. The first-order chi connectivity index (χ1) is 8.89. The van der Waals surface area contributed by atoms with Crippen LogP contribution in [0.25, 0.3) is 0 Å². The molecule has 1 N–H and O–H groups in total. The van der Waals surface area contributed by atoms with Gasteiger partial charge in [-0.2, -0.15) is 0 Å². The van der Waals surface area contributed by atoms with Gasteiger partial charge in [0.15, 0.2) is 16.5 Å². The lowest BCUT2D eigenvalue weighted by molar-refractivity contribution is 0.431. The zero-order valence-corrected chi connectivity index (χ0v) is 12.9. The normalized spacial score (nSPS) is 19.4. The SMILES string of the molecule is CC(C)(C)[S+](c1ccc(O)c(F)c1)C1CCCCC1. The molecule has 0 aromatic heterocycles. The van der Waals surface area contributed by atoms with Crippen molar-refractivity contribution in [2.24, 2.45) is 0 Å². The molecule has 1 nitrogen and oxygen atoms in total. The van der Waals surface area contributed by atoms with E-state index in [2.05, 4.69) is 20.8 Å². The standard InChI is InChI=1S/C16H23FOS/c1-16(2,3)19(12-7-5-4-6-8-12)13-9-10-15(18)14(17)11-13/h9-12H,4-8H2,1-3H3/p+1. The zero-order chi connectivity index (χ0) is 14.0. The molecular weight excluding hydrogens is 259 g/mol. The third-order valence-electron chi connectivity index (χ3n) is 3.72. The molecule has 0 bridgehead atoms. The molecule has 1 aromatic carbocycles. The number of halogens is 1. The molecule has 3 heteroatoms. The number of aromatic hydroxyl groups is 1. The van der Waals surface area contributed by atoms with Crippen molar-refractivity contribution in [3.63, 3.8) is 0 Å². The summed E-state index contributed by atoms with van der Waals surface area (Å²) < 4.78 is 13.8. The fourth-order valence-electron chi connectivity index (χ4n) is 2.97. The molecule has 1 fully saturated rings. The Kier molecular flexibility index (Phi) is 4.44. The van der Waals surface area contributed by atoms with E-state index < -0.39 is 5.82 Å². The summed E-state index contributed by atoms with van der Waals surface area (Å²) in [5, 5.41) is 10.0. The van der Waals surface area contributed by atoms with E-state index in [0.29, 0.717) is 5.25 Å². The predicted octanol–water partition coefficient (Wildman–Crippen LogP) is 4.64. The second kappa shape index (κ2) is 5.74. The Hall–Kier alpha value is -0.700. The molecule has 19 heavy (non-hydrogen) atoms. The third kappa shape index (κ3) is 3.44. The van der Waals surface area contributed by atoms with Crippen molar-refractivity contribution in [2.75, 3.05) is 0 Å². The van der Waals surface area contributed by atoms with Crippen LogP contribution >= 0.6 is 0 Å². The van der Waals surface area contributed by atoms with Crippen LogP contribution in [0.3, 0.4) is 0 Å². The minimum atomic E-state index is -0.491. The van der Waals surface area contributed by atoms with Crippen LogP contribution < -0.4 is 0 Å². The third-order valence-corrected chi connectivity index (χ3v) is 6.94. The summed E-state index contributed by atoms with van der Waals surface area (Å²) in [4.78, 5) is 1.06. The summed E-state index contributed by atoms with van der Waals surface area (Å²) >= 11 is 0. The number of hydrogen-bond acceptors (Lipinski definition) is 1. The highest BCUT2D eigenvalue weighted by molar-refractivity contribution is 7.98. The summed E-state index contributed by atoms with van der Waals surface area (Å²) in [7, 11) is 0.0387. The molecule has 0 radical (unpaired) electrons. The molecule has 106 valence electrons. The largest absolute Gasteiger partial charge is 0.505 e. The Balaban J connectivity index is 2.33. The minimum Gasteiger partial charge on any atom is -0.505 e. The molecule has 0 heterocycles. The quantitative estimate of drug-likeness (QED) is 0.784. The lowest BCUT2D eigenvalue weighted by atomic mass is 10.0. The van der Waals surface area contributed by atoms with Crippen LogP contribution in [-0.2, 0) is 10.9 Å². The Morgan fingerprint density at radius 1 is 1.16 bits per heavy atom. The zero-order valence-electron chi connectivity index (χ0n) is 12.1. The molecule has 0 amide bonds.